The Bertz CT molecular complexity index is 641. The second-order valence-corrected chi connectivity index (χ2v) is 5.31. The van der Waals surface area contributed by atoms with Gasteiger partial charge in [0.25, 0.3) is 0 Å². The van der Waals surface area contributed by atoms with Gasteiger partial charge in [-0.3, -0.25) is 0 Å². The Balaban J connectivity index is 2.41. The lowest BCUT2D eigenvalue weighted by atomic mass is 10.1. The standard InChI is InChI=1S/C15H12BrClO3/c1-9-13(12(19-2)8-11(16)14(9)17)15(18)20-10-6-4-3-5-7-10/h3-8H,1-2H3. The van der Waals surface area contributed by atoms with Crippen molar-refractivity contribution in [2.75, 3.05) is 7.11 Å². The molecule has 0 saturated heterocycles. The van der Waals surface area contributed by atoms with Gasteiger partial charge in [0, 0.05) is 4.47 Å². The molecule has 0 bridgehead atoms. The van der Waals surface area contributed by atoms with E-state index in [1.807, 2.05) is 6.07 Å². The van der Waals surface area contributed by atoms with Gasteiger partial charge in [0.1, 0.15) is 17.1 Å². The summed E-state index contributed by atoms with van der Waals surface area (Å²) in [5.74, 6) is 0.387. The Morgan fingerprint density at radius 1 is 1.25 bits per heavy atom. The Morgan fingerprint density at radius 2 is 1.90 bits per heavy atom. The molecule has 0 atom stereocenters. The largest absolute Gasteiger partial charge is 0.496 e. The molecule has 0 N–H and O–H groups in total. The minimum Gasteiger partial charge on any atom is -0.496 e. The maximum atomic E-state index is 12.3. The first-order chi connectivity index (χ1) is 9.54. The highest BCUT2D eigenvalue weighted by molar-refractivity contribution is 9.10. The number of esters is 1. The van der Waals surface area contributed by atoms with Crippen molar-refractivity contribution >= 4 is 33.5 Å². The zero-order valence-electron chi connectivity index (χ0n) is 10.9. The maximum Gasteiger partial charge on any atom is 0.347 e. The molecular formula is C15H12BrClO3. The highest BCUT2D eigenvalue weighted by atomic mass is 79.9. The van der Waals surface area contributed by atoms with E-state index in [-0.39, 0.29) is 0 Å². The first kappa shape index (κ1) is 14.9. The fourth-order valence-electron chi connectivity index (χ4n) is 1.79. The smallest absolute Gasteiger partial charge is 0.347 e. The van der Waals surface area contributed by atoms with Crippen LogP contribution in [0.25, 0.3) is 0 Å². The zero-order valence-corrected chi connectivity index (χ0v) is 13.3. The van der Waals surface area contributed by atoms with Crippen LogP contribution >= 0.6 is 27.5 Å². The van der Waals surface area contributed by atoms with Gasteiger partial charge in [-0.05, 0) is 46.6 Å². The topological polar surface area (TPSA) is 35.5 Å². The second-order valence-electron chi connectivity index (χ2n) is 4.08. The Kier molecular flexibility index (Phi) is 4.68. The Labute approximate surface area is 130 Å². The molecule has 0 saturated carbocycles. The molecule has 0 unspecified atom stereocenters. The van der Waals surface area contributed by atoms with Gasteiger partial charge in [-0.2, -0.15) is 0 Å². The van der Waals surface area contributed by atoms with Gasteiger partial charge in [-0.15, -0.1) is 0 Å². The molecule has 104 valence electrons. The summed E-state index contributed by atoms with van der Waals surface area (Å²) in [5.41, 5.74) is 0.934. The van der Waals surface area contributed by atoms with Crippen LogP contribution in [0.2, 0.25) is 5.02 Å². The number of para-hydroxylation sites is 1. The molecule has 5 heteroatoms. The van der Waals surface area contributed by atoms with Crippen LogP contribution in [0.15, 0.2) is 40.9 Å². The summed E-state index contributed by atoms with van der Waals surface area (Å²) < 4.78 is 11.2. The molecule has 0 spiro atoms. The second kappa shape index (κ2) is 6.29. The number of benzene rings is 2. The molecule has 20 heavy (non-hydrogen) atoms. The molecule has 2 aromatic rings. The molecule has 0 aliphatic heterocycles. The van der Waals surface area contributed by atoms with Crippen molar-refractivity contribution in [1.82, 2.24) is 0 Å². The van der Waals surface area contributed by atoms with Crippen LogP contribution in [0.5, 0.6) is 11.5 Å². The van der Waals surface area contributed by atoms with Crippen molar-refractivity contribution in [3.05, 3.63) is 57.0 Å². The van der Waals surface area contributed by atoms with Crippen LogP contribution in [-0.4, -0.2) is 13.1 Å². The third-order valence-corrected chi connectivity index (χ3v) is 4.14. The molecule has 0 amide bonds. The molecule has 2 rings (SSSR count). The van der Waals surface area contributed by atoms with Crippen LogP contribution in [0.1, 0.15) is 15.9 Å². The van der Waals surface area contributed by atoms with Gasteiger partial charge in [0.2, 0.25) is 0 Å². The summed E-state index contributed by atoms with van der Waals surface area (Å²) in [5, 5.41) is 0.464. The predicted molar refractivity (Wildman–Crippen MR) is 81.8 cm³/mol. The van der Waals surface area contributed by atoms with Gasteiger partial charge in [-0.1, -0.05) is 29.8 Å². The Morgan fingerprint density at radius 3 is 2.50 bits per heavy atom. The van der Waals surface area contributed by atoms with Crippen LogP contribution in [0.4, 0.5) is 0 Å². The third-order valence-electron chi connectivity index (χ3n) is 2.80. The van der Waals surface area contributed by atoms with Crippen molar-refractivity contribution in [3.63, 3.8) is 0 Å². The SMILES string of the molecule is COc1cc(Br)c(Cl)c(C)c1C(=O)Oc1ccccc1. The monoisotopic (exact) mass is 354 g/mol. The van der Waals surface area contributed by atoms with E-state index in [9.17, 15) is 4.79 Å². The van der Waals surface area contributed by atoms with Gasteiger partial charge < -0.3 is 9.47 Å². The predicted octanol–water partition coefficient (Wildman–Crippen LogP) is 4.64. The number of methoxy groups -OCH3 is 1. The maximum absolute atomic E-state index is 12.3. The van der Waals surface area contributed by atoms with Crippen molar-refractivity contribution in [2.45, 2.75) is 6.92 Å². The molecule has 0 radical (unpaired) electrons. The number of ether oxygens (including phenoxy) is 2. The van der Waals surface area contributed by atoms with Gasteiger partial charge in [-0.25, -0.2) is 4.79 Å². The first-order valence-corrected chi connectivity index (χ1v) is 7.01. The van der Waals surface area contributed by atoms with Crippen molar-refractivity contribution in [1.29, 1.82) is 0 Å². The third kappa shape index (κ3) is 2.97. The minimum atomic E-state index is -0.500. The van der Waals surface area contributed by atoms with Crippen molar-refractivity contribution < 1.29 is 14.3 Å². The average molecular weight is 356 g/mol. The fourth-order valence-corrected chi connectivity index (χ4v) is 2.44. The highest BCUT2D eigenvalue weighted by Gasteiger charge is 2.21. The van der Waals surface area contributed by atoms with Crippen LogP contribution < -0.4 is 9.47 Å². The zero-order chi connectivity index (χ0) is 14.7. The van der Waals surface area contributed by atoms with Gasteiger partial charge in [0.15, 0.2) is 0 Å². The van der Waals surface area contributed by atoms with E-state index >= 15 is 0 Å². The van der Waals surface area contributed by atoms with E-state index in [2.05, 4.69) is 15.9 Å². The molecule has 0 aliphatic carbocycles. The summed E-state index contributed by atoms with van der Waals surface area (Å²) in [6, 6.07) is 10.5. The van der Waals surface area contributed by atoms with Crippen LogP contribution in [0.3, 0.4) is 0 Å². The number of hydrogen-bond acceptors (Lipinski definition) is 3. The average Bonchev–Trinajstić information content (AvgIpc) is 2.45. The normalized spacial score (nSPS) is 10.2. The molecular weight excluding hydrogens is 344 g/mol. The van der Waals surface area contributed by atoms with Gasteiger partial charge >= 0.3 is 5.97 Å². The number of rotatable bonds is 3. The van der Waals surface area contributed by atoms with Crippen molar-refractivity contribution in [2.24, 2.45) is 0 Å². The summed E-state index contributed by atoms with van der Waals surface area (Å²) >= 11 is 9.47. The van der Waals surface area contributed by atoms with Crippen LogP contribution in [0, 0.1) is 6.92 Å². The first-order valence-electron chi connectivity index (χ1n) is 5.84. The summed E-state index contributed by atoms with van der Waals surface area (Å²) in [6.45, 7) is 1.75. The van der Waals surface area contributed by atoms with Crippen molar-refractivity contribution in [3.8, 4) is 11.5 Å². The lowest BCUT2D eigenvalue weighted by Crippen LogP contribution is -2.12. The van der Waals surface area contributed by atoms with E-state index < -0.39 is 5.97 Å². The number of hydrogen-bond donors (Lipinski definition) is 0. The summed E-state index contributed by atoms with van der Waals surface area (Å²) in [4.78, 5) is 12.3. The Hall–Kier alpha value is -1.52. The van der Waals surface area contributed by atoms with Gasteiger partial charge in [0.05, 0.1) is 12.1 Å². The molecule has 3 nitrogen and oxygen atoms in total. The molecule has 0 aromatic heterocycles. The van der Waals surface area contributed by atoms with E-state index in [4.69, 9.17) is 21.1 Å². The highest BCUT2D eigenvalue weighted by Crippen LogP contribution is 2.35. The number of carbonyl (C=O) groups excluding carboxylic acids is 1. The lowest BCUT2D eigenvalue weighted by molar-refractivity contribution is 0.0730. The minimum absolute atomic E-state index is 0.324. The molecule has 0 aliphatic rings. The number of carbonyl (C=O) groups is 1. The van der Waals surface area contributed by atoms with E-state index in [0.29, 0.717) is 32.1 Å². The molecule has 0 fully saturated rings. The summed E-state index contributed by atoms with van der Waals surface area (Å²) in [6.07, 6.45) is 0. The van der Waals surface area contributed by atoms with E-state index in [1.54, 1.807) is 37.3 Å². The van der Waals surface area contributed by atoms with E-state index in [1.165, 1.54) is 7.11 Å². The molecule has 2 aromatic carbocycles. The summed E-state index contributed by atoms with van der Waals surface area (Å²) in [7, 11) is 1.49. The van der Waals surface area contributed by atoms with E-state index in [0.717, 1.165) is 0 Å². The lowest BCUT2D eigenvalue weighted by Gasteiger charge is -2.13. The van der Waals surface area contributed by atoms with Crippen LogP contribution in [-0.2, 0) is 0 Å². The number of halogens is 2. The molecule has 0 heterocycles. The fraction of sp³-hybridized carbons (Fsp3) is 0.133. The quantitative estimate of drug-likeness (QED) is 0.594.